The molecule has 1 aromatic heterocycles. The second-order valence-corrected chi connectivity index (χ2v) is 5.67. The highest BCUT2D eigenvalue weighted by Gasteiger charge is 2.44. The van der Waals surface area contributed by atoms with Crippen molar-refractivity contribution in [1.82, 2.24) is 15.5 Å². The first-order valence-corrected chi connectivity index (χ1v) is 7.22. The van der Waals surface area contributed by atoms with Crippen LogP contribution in [0.1, 0.15) is 29.6 Å². The number of rotatable bonds is 5. The topological polar surface area (TPSA) is 95.1 Å². The lowest BCUT2D eigenvalue weighted by Gasteiger charge is -2.37. The van der Waals surface area contributed by atoms with Crippen LogP contribution in [-0.2, 0) is 4.79 Å². The molecule has 0 aliphatic heterocycles. The van der Waals surface area contributed by atoms with Gasteiger partial charge in [-0.05, 0) is 36.6 Å². The van der Waals surface area contributed by atoms with Gasteiger partial charge in [0.2, 0.25) is 0 Å². The number of carbonyl (C=O) groups excluding carboxylic acids is 1. The number of nitrogens with zero attached hydrogens (tertiary/aromatic N) is 1. The molecule has 0 spiro atoms. The van der Waals surface area contributed by atoms with Gasteiger partial charge in [-0.1, -0.05) is 18.6 Å². The zero-order valence-corrected chi connectivity index (χ0v) is 12.0. The molecule has 0 radical (unpaired) electrons. The van der Waals surface area contributed by atoms with E-state index in [0.29, 0.717) is 18.4 Å². The molecule has 1 aliphatic rings. The summed E-state index contributed by atoms with van der Waals surface area (Å²) in [6, 6.07) is 8.96. The summed E-state index contributed by atoms with van der Waals surface area (Å²) >= 11 is 0. The quantitative estimate of drug-likeness (QED) is 0.787. The molecule has 6 heteroatoms. The number of carboxylic acid groups (broad SMARTS) is 1. The molecule has 114 valence electrons. The lowest BCUT2D eigenvalue weighted by atomic mass is 9.69. The Balaban J connectivity index is 1.64. The van der Waals surface area contributed by atoms with Crippen LogP contribution in [0.4, 0.5) is 0 Å². The Morgan fingerprint density at radius 3 is 2.45 bits per heavy atom. The average molecular weight is 299 g/mol. The molecule has 22 heavy (non-hydrogen) atoms. The van der Waals surface area contributed by atoms with E-state index in [2.05, 4.69) is 15.5 Å². The summed E-state index contributed by atoms with van der Waals surface area (Å²) in [5.74, 6) is -1.07. The predicted molar refractivity (Wildman–Crippen MR) is 80.3 cm³/mol. The van der Waals surface area contributed by atoms with Crippen molar-refractivity contribution < 1.29 is 14.7 Å². The fraction of sp³-hybridized carbons (Fsp3) is 0.312. The molecular formula is C16H17N3O3. The number of nitrogens with one attached hydrogen (secondary N) is 2. The number of hydrogen-bond donors (Lipinski definition) is 3. The Bertz CT molecular complexity index is 673. The molecule has 0 saturated heterocycles. The van der Waals surface area contributed by atoms with E-state index in [1.54, 1.807) is 18.3 Å². The molecule has 0 unspecified atom stereocenters. The van der Waals surface area contributed by atoms with Gasteiger partial charge in [0, 0.05) is 18.3 Å². The first-order valence-electron chi connectivity index (χ1n) is 7.22. The van der Waals surface area contributed by atoms with Crippen molar-refractivity contribution in [2.75, 3.05) is 6.54 Å². The van der Waals surface area contributed by atoms with Crippen LogP contribution in [0.5, 0.6) is 0 Å². The van der Waals surface area contributed by atoms with E-state index in [0.717, 1.165) is 17.7 Å². The number of aromatic nitrogens is 2. The minimum atomic E-state index is -0.825. The number of H-pyrrole nitrogens is 1. The second-order valence-electron chi connectivity index (χ2n) is 5.67. The third kappa shape index (κ3) is 2.59. The molecule has 0 atom stereocenters. The van der Waals surface area contributed by atoms with Gasteiger partial charge in [-0.3, -0.25) is 14.7 Å². The second kappa shape index (κ2) is 5.63. The summed E-state index contributed by atoms with van der Waals surface area (Å²) < 4.78 is 0. The molecule has 1 heterocycles. The summed E-state index contributed by atoms with van der Waals surface area (Å²) in [6.07, 6.45) is 3.82. The fourth-order valence-corrected chi connectivity index (χ4v) is 2.64. The molecule has 1 aliphatic carbocycles. The highest BCUT2D eigenvalue weighted by molar-refractivity contribution is 5.95. The predicted octanol–water partition coefficient (Wildman–Crippen LogP) is 2.06. The van der Waals surface area contributed by atoms with E-state index in [9.17, 15) is 14.7 Å². The summed E-state index contributed by atoms with van der Waals surface area (Å²) in [6.45, 7) is 0.184. The van der Waals surface area contributed by atoms with Crippen LogP contribution in [-0.4, -0.2) is 33.7 Å². The van der Waals surface area contributed by atoms with Crippen molar-refractivity contribution in [3.8, 4) is 11.3 Å². The van der Waals surface area contributed by atoms with Gasteiger partial charge >= 0.3 is 5.97 Å². The van der Waals surface area contributed by atoms with Crippen molar-refractivity contribution in [1.29, 1.82) is 0 Å². The van der Waals surface area contributed by atoms with Crippen molar-refractivity contribution in [2.45, 2.75) is 19.3 Å². The lowest BCUT2D eigenvalue weighted by molar-refractivity contribution is -0.153. The molecule has 1 fully saturated rings. The number of aromatic amines is 1. The Labute approximate surface area is 127 Å². The average Bonchev–Trinajstić information content (AvgIpc) is 3.00. The molecule has 1 amide bonds. The maximum absolute atomic E-state index is 12.1. The van der Waals surface area contributed by atoms with Gasteiger partial charge in [0.1, 0.15) is 0 Å². The number of aliphatic carboxylic acids is 1. The van der Waals surface area contributed by atoms with Crippen LogP contribution < -0.4 is 5.32 Å². The molecule has 2 aromatic rings. The van der Waals surface area contributed by atoms with Gasteiger partial charge < -0.3 is 10.4 Å². The monoisotopic (exact) mass is 299 g/mol. The van der Waals surface area contributed by atoms with E-state index >= 15 is 0 Å². The van der Waals surface area contributed by atoms with Crippen LogP contribution in [0.2, 0.25) is 0 Å². The van der Waals surface area contributed by atoms with Crippen molar-refractivity contribution >= 4 is 11.9 Å². The Morgan fingerprint density at radius 1 is 1.23 bits per heavy atom. The lowest BCUT2D eigenvalue weighted by Crippen LogP contribution is -2.47. The normalized spacial score (nSPS) is 15.8. The van der Waals surface area contributed by atoms with Gasteiger partial charge in [0.05, 0.1) is 11.1 Å². The van der Waals surface area contributed by atoms with Gasteiger partial charge in [-0.25, -0.2) is 0 Å². The first kappa shape index (κ1) is 14.3. The summed E-state index contributed by atoms with van der Waals surface area (Å²) in [4.78, 5) is 23.4. The minimum absolute atomic E-state index is 0.184. The molecule has 3 rings (SSSR count). The van der Waals surface area contributed by atoms with Crippen molar-refractivity contribution in [3.63, 3.8) is 0 Å². The molecule has 1 aromatic carbocycles. The van der Waals surface area contributed by atoms with Crippen LogP contribution >= 0.6 is 0 Å². The van der Waals surface area contributed by atoms with Crippen molar-refractivity contribution in [2.24, 2.45) is 5.41 Å². The van der Waals surface area contributed by atoms with Gasteiger partial charge in [-0.15, -0.1) is 0 Å². The number of carbonyl (C=O) groups is 2. The molecule has 0 bridgehead atoms. The maximum Gasteiger partial charge on any atom is 0.311 e. The highest BCUT2D eigenvalue weighted by atomic mass is 16.4. The zero-order valence-electron chi connectivity index (χ0n) is 12.0. The first-order chi connectivity index (χ1) is 10.6. The molecule has 3 N–H and O–H groups in total. The van der Waals surface area contributed by atoms with E-state index in [4.69, 9.17) is 0 Å². The van der Waals surface area contributed by atoms with Gasteiger partial charge in [0.25, 0.3) is 5.91 Å². The van der Waals surface area contributed by atoms with Crippen LogP contribution in [0.15, 0.2) is 36.5 Å². The SMILES string of the molecule is O=C(NCC1(C(=O)O)CCC1)c1ccc(-c2ccn[nH]2)cc1. The highest BCUT2D eigenvalue weighted by Crippen LogP contribution is 2.40. The summed E-state index contributed by atoms with van der Waals surface area (Å²) in [7, 11) is 0. The third-order valence-corrected chi connectivity index (χ3v) is 4.31. The van der Waals surface area contributed by atoms with E-state index in [1.165, 1.54) is 0 Å². The number of benzene rings is 1. The molecule has 1 saturated carbocycles. The van der Waals surface area contributed by atoms with E-state index in [1.807, 2.05) is 18.2 Å². The van der Waals surface area contributed by atoms with Crippen molar-refractivity contribution in [3.05, 3.63) is 42.1 Å². The zero-order chi connectivity index (χ0) is 15.6. The van der Waals surface area contributed by atoms with E-state index < -0.39 is 11.4 Å². The number of carboxylic acids is 1. The Hall–Kier alpha value is -2.63. The van der Waals surface area contributed by atoms with Gasteiger partial charge in [0.15, 0.2) is 0 Å². The molecular weight excluding hydrogens is 282 g/mol. The Kier molecular flexibility index (Phi) is 3.66. The van der Waals surface area contributed by atoms with Crippen LogP contribution in [0, 0.1) is 5.41 Å². The Morgan fingerprint density at radius 2 is 1.95 bits per heavy atom. The fourth-order valence-electron chi connectivity index (χ4n) is 2.64. The standard InChI is InChI=1S/C16H17N3O3/c20-14(17-10-16(15(21)22)7-1-8-16)12-4-2-11(3-5-12)13-6-9-18-19-13/h2-6,9H,1,7-8,10H2,(H,17,20)(H,18,19)(H,21,22). The van der Waals surface area contributed by atoms with E-state index in [-0.39, 0.29) is 12.5 Å². The summed E-state index contributed by atoms with van der Waals surface area (Å²) in [5, 5.41) is 18.7. The minimum Gasteiger partial charge on any atom is -0.481 e. The van der Waals surface area contributed by atoms with Crippen LogP contribution in [0.25, 0.3) is 11.3 Å². The number of hydrogen-bond acceptors (Lipinski definition) is 3. The maximum atomic E-state index is 12.1. The number of amides is 1. The van der Waals surface area contributed by atoms with Crippen LogP contribution in [0.3, 0.4) is 0 Å². The smallest absolute Gasteiger partial charge is 0.311 e. The third-order valence-electron chi connectivity index (χ3n) is 4.31. The summed E-state index contributed by atoms with van der Waals surface area (Å²) in [5.41, 5.74) is 1.57. The largest absolute Gasteiger partial charge is 0.481 e. The van der Waals surface area contributed by atoms with Gasteiger partial charge in [-0.2, -0.15) is 5.10 Å². The molecule has 6 nitrogen and oxygen atoms in total.